The van der Waals surface area contributed by atoms with Gasteiger partial charge in [0.15, 0.2) is 16.6 Å². The van der Waals surface area contributed by atoms with Crippen LogP contribution in [0.5, 0.6) is 0 Å². The highest BCUT2D eigenvalue weighted by molar-refractivity contribution is 6.74. The van der Waals surface area contributed by atoms with Crippen LogP contribution in [-0.4, -0.2) is 28.3 Å². The lowest BCUT2D eigenvalue weighted by molar-refractivity contribution is -0.0208. The van der Waals surface area contributed by atoms with Crippen LogP contribution in [0.4, 0.5) is 0 Å². The molecule has 0 saturated heterocycles. The van der Waals surface area contributed by atoms with Crippen molar-refractivity contribution in [2.24, 2.45) is 23.2 Å². The van der Waals surface area contributed by atoms with Crippen LogP contribution in [0.15, 0.2) is 0 Å². The van der Waals surface area contributed by atoms with Gasteiger partial charge in [-0.05, 0) is 105 Å². The standard InChI is InChI=1S/C30H62O2Si2/c1-11-33(12-2,13-3)31-28-20-18-24-30(10)26(21-22-27(28)30)25(7)19-17-23-29(8,9)32-34(14-4,15-5)16-6/h25-28H,11-24H2,1-10H3/t25-,26?,27?,28-,30+/m0/s1. The lowest BCUT2D eigenvalue weighted by Gasteiger charge is -2.49. The topological polar surface area (TPSA) is 18.5 Å². The molecule has 2 nitrogen and oxygen atoms in total. The smallest absolute Gasteiger partial charge is 0.192 e. The van der Waals surface area contributed by atoms with Gasteiger partial charge in [-0.2, -0.15) is 0 Å². The Labute approximate surface area is 217 Å². The van der Waals surface area contributed by atoms with E-state index >= 15 is 0 Å². The van der Waals surface area contributed by atoms with Crippen molar-refractivity contribution in [1.82, 2.24) is 0 Å². The van der Waals surface area contributed by atoms with Gasteiger partial charge in [-0.1, -0.05) is 74.7 Å². The Bertz CT molecular complexity index is 582. The molecule has 0 aliphatic heterocycles. The molecule has 0 spiro atoms. The van der Waals surface area contributed by atoms with Crippen molar-refractivity contribution >= 4 is 16.6 Å². The summed E-state index contributed by atoms with van der Waals surface area (Å²) in [5.74, 6) is 2.50. The average Bonchev–Trinajstić information content (AvgIpc) is 3.19. The molecule has 0 N–H and O–H groups in total. The van der Waals surface area contributed by atoms with E-state index in [1.54, 1.807) is 0 Å². The van der Waals surface area contributed by atoms with Gasteiger partial charge in [-0.15, -0.1) is 0 Å². The fourth-order valence-electron chi connectivity index (χ4n) is 8.21. The van der Waals surface area contributed by atoms with E-state index in [2.05, 4.69) is 69.2 Å². The fourth-order valence-corrected chi connectivity index (χ4v) is 14.3. The molecule has 2 saturated carbocycles. The lowest BCUT2D eigenvalue weighted by Crippen LogP contribution is -2.48. The first-order chi connectivity index (χ1) is 16.0. The Morgan fingerprint density at radius 1 is 0.853 bits per heavy atom. The van der Waals surface area contributed by atoms with Crippen LogP contribution in [0.1, 0.15) is 121 Å². The Kier molecular flexibility index (Phi) is 11.5. The summed E-state index contributed by atoms with van der Waals surface area (Å²) >= 11 is 0. The summed E-state index contributed by atoms with van der Waals surface area (Å²) in [5.41, 5.74) is 0.534. The third kappa shape index (κ3) is 6.81. The van der Waals surface area contributed by atoms with E-state index in [0.717, 1.165) is 17.8 Å². The first-order valence-electron chi connectivity index (χ1n) is 15.4. The molecule has 2 unspecified atom stereocenters. The molecule has 0 aromatic heterocycles. The first kappa shape index (κ1) is 30.6. The summed E-state index contributed by atoms with van der Waals surface area (Å²) in [4.78, 5) is 0. The van der Waals surface area contributed by atoms with Crippen molar-refractivity contribution in [3.63, 3.8) is 0 Å². The maximum absolute atomic E-state index is 7.16. The van der Waals surface area contributed by atoms with Crippen LogP contribution in [-0.2, 0) is 8.85 Å². The quantitative estimate of drug-likeness (QED) is 0.204. The molecule has 2 aliphatic rings. The molecule has 0 bridgehead atoms. The largest absolute Gasteiger partial charge is 0.414 e. The predicted octanol–water partition coefficient (Wildman–Crippen LogP) is 10.2. The number of fused-ring (bicyclic) bond motifs is 1. The molecule has 0 aromatic carbocycles. The van der Waals surface area contributed by atoms with Crippen LogP contribution < -0.4 is 0 Å². The summed E-state index contributed by atoms with van der Waals surface area (Å²) in [6, 6.07) is 7.62. The van der Waals surface area contributed by atoms with Gasteiger partial charge in [0.25, 0.3) is 0 Å². The third-order valence-electron chi connectivity index (χ3n) is 11.0. The van der Waals surface area contributed by atoms with E-state index in [1.165, 1.54) is 87.6 Å². The van der Waals surface area contributed by atoms with Crippen LogP contribution in [0.3, 0.4) is 0 Å². The van der Waals surface area contributed by atoms with Gasteiger partial charge in [-0.3, -0.25) is 0 Å². The normalized spacial score (nSPS) is 29.3. The maximum atomic E-state index is 7.16. The van der Waals surface area contributed by atoms with E-state index in [9.17, 15) is 0 Å². The van der Waals surface area contributed by atoms with Gasteiger partial charge in [0.2, 0.25) is 0 Å². The van der Waals surface area contributed by atoms with Gasteiger partial charge in [0, 0.05) is 6.10 Å². The van der Waals surface area contributed by atoms with Crippen molar-refractivity contribution in [3.8, 4) is 0 Å². The lowest BCUT2D eigenvalue weighted by atomic mass is 9.61. The van der Waals surface area contributed by atoms with Gasteiger partial charge < -0.3 is 8.85 Å². The number of hydrogen-bond acceptors (Lipinski definition) is 2. The van der Waals surface area contributed by atoms with Gasteiger partial charge >= 0.3 is 0 Å². The summed E-state index contributed by atoms with van der Waals surface area (Å²) in [5, 5.41) is 0. The zero-order valence-corrected chi connectivity index (χ0v) is 27.0. The van der Waals surface area contributed by atoms with Crippen molar-refractivity contribution < 1.29 is 8.85 Å². The van der Waals surface area contributed by atoms with Gasteiger partial charge in [0.05, 0.1) is 5.60 Å². The molecule has 2 fully saturated rings. The minimum Gasteiger partial charge on any atom is -0.414 e. The summed E-state index contributed by atoms with van der Waals surface area (Å²) in [6.45, 7) is 24.2. The molecular weight excluding hydrogens is 449 g/mol. The third-order valence-corrected chi connectivity index (χ3v) is 20.5. The molecule has 5 atom stereocenters. The molecule has 0 heterocycles. The SMILES string of the molecule is CC[Si](CC)(CC)O[C@H]1CCC[C@@]2(C)C1CCC2[C@@H](C)CCCC(C)(C)O[Si](CC)(CC)CC. The monoisotopic (exact) mass is 510 g/mol. The second-order valence-electron chi connectivity index (χ2n) is 13.1. The highest BCUT2D eigenvalue weighted by atomic mass is 28.4. The van der Waals surface area contributed by atoms with Crippen LogP contribution in [0, 0.1) is 23.2 Å². The zero-order chi connectivity index (χ0) is 25.6. The zero-order valence-electron chi connectivity index (χ0n) is 25.0. The molecule has 4 heteroatoms. The highest BCUT2D eigenvalue weighted by Gasteiger charge is 2.53. The minimum absolute atomic E-state index is 0.0360. The van der Waals surface area contributed by atoms with E-state index < -0.39 is 16.6 Å². The van der Waals surface area contributed by atoms with Crippen molar-refractivity contribution in [3.05, 3.63) is 0 Å². The Hall–Kier alpha value is 0.354. The van der Waals surface area contributed by atoms with E-state index in [-0.39, 0.29) is 5.60 Å². The summed E-state index contributed by atoms with van der Waals surface area (Å²) in [7, 11) is -3.07. The van der Waals surface area contributed by atoms with Crippen molar-refractivity contribution in [2.75, 3.05) is 0 Å². The molecule has 0 amide bonds. The maximum Gasteiger partial charge on any atom is 0.192 e. The van der Waals surface area contributed by atoms with Crippen LogP contribution >= 0.6 is 0 Å². The fraction of sp³-hybridized carbons (Fsp3) is 1.00. The van der Waals surface area contributed by atoms with Crippen LogP contribution in [0.25, 0.3) is 0 Å². The summed E-state index contributed by atoms with van der Waals surface area (Å²) < 4.78 is 14.1. The summed E-state index contributed by atoms with van der Waals surface area (Å²) in [6.07, 6.45) is 11.4. The van der Waals surface area contributed by atoms with Crippen molar-refractivity contribution in [1.29, 1.82) is 0 Å². The molecule has 34 heavy (non-hydrogen) atoms. The van der Waals surface area contributed by atoms with E-state index in [0.29, 0.717) is 11.5 Å². The first-order valence-corrected chi connectivity index (χ1v) is 20.4. The molecule has 0 radical (unpaired) electrons. The average molecular weight is 511 g/mol. The Morgan fingerprint density at radius 3 is 1.94 bits per heavy atom. The van der Waals surface area contributed by atoms with E-state index in [1.807, 2.05) is 0 Å². The molecule has 2 aliphatic carbocycles. The van der Waals surface area contributed by atoms with E-state index in [4.69, 9.17) is 8.85 Å². The predicted molar refractivity (Wildman–Crippen MR) is 156 cm³/mol. The molecule has 202 valence electrons. The highest BCUT2D eigenvalue weighted by Crippen LogP contribution is 2.59. The second-order valence-corrected chi connectivity index (χ2v) is 22.5. The molecule has 0 aromatic rings. The number of hydrogen-bond donors (Lipinski definition) is 0. The second kappa shape index (κ2) is 12.7. The minimum atomic E-state index is -1.54. The Balaban J connectivity index is 1.98. The van der Waals surface area contributed by atoms with Gasteiger partial charge in [0.1, 0.15) is 0 Å². The molecular formula is C30H62O2Si2. The van der Waals surface area contributed by atoms with Crippen molar-refractivity contribution in [2.45, 2.75) is 169 Å². The van der Waals surface area contributed by atoms with Crippen LogP contribution in [0.2, 0.25) is 36.3 Å². The Morgan fingerprint density at radius 2 is 1.41 bits per heavy atom. The van der Waals surface area contributed by atoms with Gasteiger partial charge in [-0.25, -0.2) is 0 Å². The molecule has 2 rings (SSSR count). The number of rotatable bonds is 15.